The van der Waals surface area contributed by atoms with Gasteiger partial charge in [-0.15, -0.1) is 5.10 Å². The molecule has 17 heavy (non-hydrogen) atoms. The van der Waals surface area contributed by atoms with E-state index in [1.54, 1.807) is 6.92 Å². The summed E-state index contributed by atoms with van der Waals surface area (Å²) < 4.78 is 14.8. The molecule has 0 saturated heterocycles. The van der Waals surface area contributed by atoms with Crippen LogP contribution in [0.5, 0.6) is 0 Å². The van der Waals surface area contributed by atoms with Crippen LogP contribution in [0.15, 0.2) is 24.5 Å². The topological polar surface area (TPSA) is 72.7 Å². The quantitative estimate of drug-likeness (QED) is 0.866. The molecule has 2 aromatic rings. The summed E-state index contributed by atoms with van der Waals surface area (Å²) in [5, 5.41) is 13.1. The predicted molar refractivity (Wildman–Crippen MR) is 58.0 cm³/mol. The first-order valence-electron chi connectivity index (χ1n) is 5.03. The third kappa shape index (κ3) is 2.44. The number of nitrogens with one attached hydrogen (secondary N) is 1. The molecular weight excluding hydrogens is 225 g/mol. The Morgan fingerprint density at radius 1 is 1.53 bits per heavy atom. The van der Waals surface area contributed by atoms with Crippen molar-refractivity contribution in [3.8, 4) is 5.69 Å². The Morgan fingerprint density at radius 2 is 2.35 bits per heavy atom. The van der Waals surface area contributed by atoms with Gasteiger partial charge in [0, 0.05) is 6.42 Å². The SMILES string of the molecule is CCC(=O)Nc1cc(-n2cnnn2)ccc1F. The molecular formula is C10H10FN5O. The normalized spacial score (nSPS) is 10.2. The average Bonchev–Trinajstić information content (AvgIpc) is 2.85. The van der Waals surface area contributed by atoms with Crippen LogP contribution >= 0.6 is 0 Å². The van der Waals surface area contributed by atoms with Crippen molar-refractivity contribution in [2.45, 2.75) is 13.3 Å². The Balaban J connectivity index is 2.33. The second-order valence-electron chi connectivity index (χ2n) is 3.32. The fourth-order valence-corrected chi connectivity index (χ4v) is 1.27. The van der Waals surface area contributed by atoms with Crippen molar-refractivity contribution in [3.63, 3.8) is 0 Å². The number of tetrazole rings is 1. The number of rotatable bonds is 3. The number of anilines is 1. The van der Waals surface area contributed by atoms with Crippen molar-refractivity contribution >= 4 is 11.6 Å². The summed E-state index contributed by atoms with van der Waals surface area (Å²) >= 11 is 0. The fraction of sp³-hybridized carbons (Fsp3) is 0.200. The first-order valence-corrected chi connectivity index (χ1v) is 5.03. The van der Waals surface area contributed by atoms with E-state index in [0.717, 1.165) is 0 Å². The van der Waals surface area contributed by atoms with Crippen LogP contribution in [0.2, 0.25) is 0 Å². The number of benzene rings is 1. The number of halogens is 1. The number of carbonyl (C=O) groups is 1. The summed E-state index contributed by atoms with van der Waals surface area (Å²) in [6.07, 6.45) is 1.67. The van der Waals surface area contributed by atoms with Gasteiger partial charge >= 0.3 is 0 Å². The lowest BCUT2D eigenvalue weighted by atomic mass is 10.2. The molecule has 2 rings (SSSR count). The van der Waals surface area contributed by atoms with Crippen molar-refractivity contribution in [3.05, 3.63) is 30.3 Å². The molecule has 0 aliphatic heterocycles. The first kappa shape index (κ1) is 11.2. The van der Waals surface area contributed by atoms with Crippen LogP contribution < -0.4 is 5.32 Å². The number of amides is 1. The molecule has 6 nitrogen and oxygen atoms in total. The second kappa shape index (κ2) is 4.69. The number of hydrogen-bond donors (Lipinski definition) is 1. The number of hydrogen-bond acceptors (Lipinski definition) is 4. The van der Waals surface area contributed by atoms with Gasteiger partial charge in [-0.2, -0.15) is 0 Å². The highest BCUT2D eigenvalue weighted by Crippen LogP contribution is 2.18. The molecule has 0 saturated carbocycles. The zero-order valence-electron chi connectivity index (χ0n) is 9.09. The minimum Gasteiger partial charge on any atom is -0.324 e. The molecule has 7 heteroatoms. The molecule has 0 aliphatic rings. The predicted octanol–water partition coefficient (Wildman–Crippen LogP) is 1.15. The minimum absolute atomic E-state index is 0.116. The molecule has 1 aromatic heterocycles. The van der Waals surface area contributed by atoms with Crippen LogP contribution in [0, 0.1) is 5.82 Å². The van der Waals surface area contributed by atoms with Gasteiger partial charge in [0.25, 0.3) is 0 Å². The van der Waals surface area contributed by atoms with E-state index in [1.165, 1.54) is 29.2 Å². The van der Waals surface area contributed by atoms with E-state index in [0.29, 0.717) is 5.69 Å². The highest BCUT2D eigenvalue weighted by atomic mass is 19.1. The van der Waals surface area contributed by atoms with E-state index < -0.39 is 5.82 Å². The van der Waals surface area contributed by atoms with E-state index in [1.807, 2.05) is 0 Å². The number of aromatic nitrogens is 4. The summed E-state index contributed by atoms with van der Waals surface area (Å²) in [6.45, 7) is 1.69. The number of carbonyl (C=O) groups excluding carboxylic acids is 1. The third-order valence-electron chi connectivity index (χ3n) is 2.16. The lowest BCUT2D eigenvalue weighted by Gasteiger charge is -2.07. The van der Waals surface area contributed by atoms with E-state index in [9.17, 15) is 9.18 Å². The smallest absolute Gasteiger partial charge is 0.224 e. The van der Waals surface area contributed by atoms with Crippen molar-refractivity contribution in [2.75, 3.05) is 5.32 Å². The second-order valence-corrected chi connectivity index (χ2v) is 3.32. The lowest BCUT2D eigenvalue weighted by molar-refractivity contribution is -0.115. The van der Waals surface area contributed by atoms with Gasteiger partial charge in [-0.05, 0) is 28.6 Å². The monoisotopic (exact) mass is 235 g/mol. The molecule has 1 N–H and O–H groups in total. The van der Waals surface area contributed by atoms with Crippen molar-refractivity contribution in [1.82, 2.24) is 20.2 Å². The van der Waals surface area contributed by atoms with Gasteiger partial charge in [0.05, 0.1) is 11.4 Å². The highest BCUT2D eigenvalue weighted by Gasteiger charge is 2.08. The van der Waals surface area contributed by atoms with Crippen LogP contribution in [0.3, 0.4) is 0 Å². The fourth-order valence-electron chi connectivity index (χ4n) is 1.27. The van der Waals surface area contributed by atoms with E-state index in [2.05, 4.69) is 20.8 Å². The summed E-state index contributed by atoms with van der Waals surface area (Å²) in [5.41, 5.74) is 0.688. The first-order chi connectivity index (χ1) is 8.20. The Kier molecular flexibility index (Phi) is 3.08. The van der Waals surface area contributed by atoms with Crippen LogP contribution in [0.25, 0.3) is 5.69 Å². The van der Waals surface area contributed by atoms with Crippen molar-refractivity contribution in [2.24, 2.45) is 0 Å². The summed E-state index contributed by atoms with van der Waals surface area (Å²) in [5.74, 6) is -0.749. The van der Waals surface area contributed by atoms with Crippen molar-refractivity contribution < 1.29 is 9.18 Å². The molecule has 0 unspecified atom stereocenters. The van der Waals surface area contributed by atoms with Gasteiger partial charge in [-0.1, -0.05) is 6.92 Å². The van der Waals surface area contributed by atoms with Crippen molar-refractivity contribution in [1.29, 1.82) is 0 Å². The van der Waals surface area contributed by atoms with E-state index in [-0.39, 0.29) is 18.0 Å². The Labute approximate surface area is 96.4 Å². The molecule has 88 valence electrons. The molecule has 0 bridgehead atoms. The van der Waals surface area contributed by atoms with Gasteiger partial charge in [0.15, 0.2) is 0 Å². The Morgan fingerprint density at radius 3 is 3.00 bits per heavy atom. The third-order valence-corrected chi connectivity index (χ3v) is 2.16. The van der Waals surface area contributed by atoms with Gasteiger partial charge in [0.1, 0.15) is 12.1 Å². The highest BCUT2D eigenvalue weighted by molar-refractivity contribution is 5.90. The molecule has 0 atom stereocenters. The Bertz CT molecular complexity index is 525. The molecule has 0 aliphatic carbocycles. The molecule has 1 aromatic carbocycles. The maximum absolute atomic E-state index is 13.4. The van der Waals surface area contributed by atoms with Crippen LogP contribution in [-0.2, 0) is 4.79 Å². The molecule has 0 fully saturated rings. The summed E-state index contributed by atoms with van der Waals surface area (Å²) in [4.78, 5) is 11.2. The lowest BCUT2D eigenvalue weighted by Crippen LogP contribution is -2.11. The van der Waals surface area contributed by atoms with Gasteiger partial charge in [0.2, 0.25) is 5.91 Å². The number of nitrogens with zero attached hydrogens (tertiary/aromatic N) is 4. The largest absolute Gasteiger partial charge is 0.324 e. The zero-order chi connectivity index (χ0) is 12.3. The van der Waals surface area contributed by atoms with Gasteiger partial charge in [-0.3, -0.25) is 4.79 Å². The van der Waals surface area contributed by atoms with E-state index in [4.69, 9.17) is 0 Å². The van der Waals surface area contributed by atoms with E-state index >= 15 is 0 Å². The van der Waals surface area contributed by atoms with Crippen LogP contribution in [-0.4, -0.2) is 26.1 Å². The van der Waals surface area contributed by atoms with Crippen LogP contribution in [0.1, 0.15) is 13.3 Å². The Hall–Kier alpha value is -2.31. The maximum Gasteiger partial charge on any atom is 0.224 e. The zero-order valence-corrected chi connectivity index (χ0v) is 9.09. The summed E-state index contributed by atoms with van der Waals surface area (Å²) in [6, 6.07) is 4.24. The van der Waals surface area contributed by atoms with Gasteiger partial charge < -0.3 is 5.32 Å². The maximum atomic E-state index is 13.4. The standard InChI is InChI=1S/C10H10FN5O/c1-2-10(17)13-9-5-7(3-4-8(9)11)16-6-12-14-15-16/h3-6H,2H2,1H3,(H,13,17). The molecule has 0 radical (unpaired) electrons. The summed E-state index contributed by atoms with van der Waals surface area (Å²) in [7, 11) is 0. The molecule has 1 heterocycles. The average molecular weight is 235 g/mol. The van der Waals surface area contributed by atoms with Crippen LogP contribution in [0.4, 0.5) is 10.1 Å². The van der Waals surface area contributed by atoms with Gasteiger partial charge in [-0.25, -0.2) is 9.07 Å². The minimum atomic E-state index is -0.497. The molecule has 1 amide bonds. The molecule has 0 spiro atoms.